The Labute approximate surface area is 128 Å². The van der Waals surface area contributed by atoms with E-state index in [4.69, 9.17) is 5.11 Å². The second-order valence-electron chi connectivity index (χ2n) is 5.27. The molecule has 1 N–H and O–H groups in total. The second kappa shape index (κ2) is 6.43. The number of nitrogens with zero attached hydrogens (tertiary/aromatic N) is 2. The normalized spacial score (nSPS) is 19.8. The van der Waals surface area contributed by atoms with Gasteiger partial charge in [-0.25, -0.2) is 18.2 Å². The highest BCUT2D eigenvalue weighted by Crippen LogP contribution is 2.20. The van der Waals surface area contributed by atoms with Crippen molar-refractivity contribution in [3.05, 3.63) is 29.6 Å². The van der Waals surface area contributed by atoms with Crippen molar-refractivity contribution in [3.63, 3.8) is 0 Å². The first kappa shape index (κ1) is 16.4. The van der Waals surface area contributed by atoms with Crippen LogP contribution in [0, 0.1) is 0 Å². The standard InChI is InChI=1S/C14H18N2O5S/c1-2-7-16(10-6-8-22(20,21)9-10)13(17)11-4-3-5-12(15-11)14(18)19/h3-5,10H,2,6-9H2,1H3,(H,18,19). The lowest BCUT2D eigenvalue weighted by Gasteiger charge is -2.27. The summed E-state index contributed by atoms with van der Waals surface area (Å²) >= 11 is 0. The number of carboxylic acids is 1. The van der Waals surface area contributed by atoms with Crippen LogP contribution < -0.4 is 0 Å². The molecule has 2 heterocycles. The predicted octanol–water partition coefficient (Wildman–Crippen LogP) is 0.819. The van der Waals surface area contributed by atoms with Crippen LogP contribution in [0.25, 0.3) is 0 Å². The van der Waals surface area contributed by atoms with Crippen molar-refractivity contribution < 1.29 is 23.1 Å². The Morgan fingerprint density at radius 3 is 2.59 bits per heavy atom. The molecule has 1 aromatic rings. The van der Waals surface area contributed by atoms with Crippen LogP contribution >= 0.6 is 0 Å². The Balaban J connectivity index is 2.27. The van der Waals surface area contributed by atoms with Crippen LogP contribution in [0.1, 0.15) is 40.7 Å². The van der Waals surface area contributed by atoms with Gasteiger partial charge in [0.05, 0.1) is 11.5 Å². The molecule has 0 bridgehead atoms. The lowest BCUT2D eigenvalue weighted by atomic mass is 10.2. The summed E-state index contributed by atoms with van der Waals surface area (Å²) in [6, 6.07) is 3.84. The Kier molecular flexibility index (Phi) is 4.80. The number of hydrogen-bond acceptors (Lipinski definition) is 5. The fourth-order valence-electron chi connectivity index (χ4n) is 2.53. The van der Waals surface area contributed by atoms with E-state index in [1.165, 1.54) is 23.1 Å². The quantitative estimate of drug-likeness (QED) is 0.859. The Morgan fingerprint density at radius 1 is 1.36 bits per heavy atom. The number of sulfone groups is 1. The lowest BCUT2D eigenvalue weighted by Crippen LogP contribution is -2.42. The SMILES string of the molecule is CCCN(C(=O)c1cccc(C(=O)O)n1)C1CCS(=O)(=O)C1. The summed E-state index contributed by atoms with van der Waals surface area (Å²) in [4.78, 5) is 28.9. The molecule has 1 saturated heterocycles. The minimum absolute atomic E-state index is 0.0256. The molecule has 0 aliphatic carbocycles. The molecule has 22 heavy (non-hydrogen) atoms. The molecule has 1 unspecified atom stereocenters. The zero-order valence-electron chi connectivity index (χ0n) is 12.2. The molecule has 0 spiro atoms. The molecule has 1 amide bonds. The third kappa shape index (κ3) is 3.62. The number of aromatic carboxylic acids is 1. The Hall–Kier alpha value is -1.96. The van der Waals surface area contributed by atoms with Gasteiger partial charge in [-0.1, -0.05) is 13.0 Å². The molecule has 1 atom stereocenters. The summed E-state index contributed by atoms with van der Waals surface area (Å²) < 4.78 is 23.2. The summed E-state index contributed by atoms with van der Waals surface area (Å²) in [6.07, 6.45) is 1.09. The number of hydrogen-bond donors (Lipinski definition) is 1. The van der Waals surface area contributed by atoms with Crippen LogP contribution in [0.15, 0.2) is 18.2 Å². The van der Waals surface area contributed by atoms with Gasteiger partial charge in [-0.05, 0) is 25.0 Å². The van der Waals surface area contributed by atoms with Gasteiger partial charge in [-0.2, -0.15) is 0 Å². The zero-order chi connectivity index (χ0) is 16.3. The maximum atomic E-state index is 12.6. The van der Waals surface area contributed by atoms with E-state index in [2.05, 4.69) is 4.98 Å². The van der Waals surface area contributed by atoms with Gasteiger partial charge in [0.2, 0.25) is 0 Å². The largest absolute Gasteiger partial charge is 0.477 e. The zero-order valence-corrected chi connectivity index (χ0v) is 13.0. The van der Waals surface area contributed by atoms with Gasteiger partial charge in [-0.15, -0.1) is 0 Å². The van der Waals surface area contributed by atoms with E-state index < -0.39 is 21.7 Å². The van der Waals surface area contributed by atoms with Crippen LogP contribution in [0.5, 0.6) is 0 Å². The highest BCUT2D eigenvalue weighted by Gasteiger charge is 2.35. The van der Waals surface area contributed by atoms with E-state index in [1.54, 1.807) is 0 Å². The topological polar surface area (TPSA) is 105 Å². The monoisotopic (exact) mass is 326 g/mol. The van der Waals surface area contributed by atoms with E-state index in [9.17, 15) is 18.0 Å². The van der Waals surface area contributed by atoms with Crippen molar-refractivity contribution in [1.82, 2.24) is 9.88 Å². The van der Waals surface area contributed by atoms with Crippen molar-refractivity contribution >= 4 is 21.7 Å². The van der Waals surface area contributed by atoms with E-state index in [1.807, 2.05) is 6.92 Å². The summed E-state index contributed by atoms with van der Waals surface area (Å²) in [5.41, 5.74) is -0.181. The molecule has 0 radical (unpaired) electrons. The average Bonchev–Trinajstić information content (AvgIpc) is 2.84. The molecule has 0 aromatic carbocycles. The highest BCUT2D eigenvalue weighted by molar-refractivity contribution is 7.91. The van der Waals surface area contributed by atoms with Gasteiger partial charge in [0, 0.05) is 12.6 Å². The first-order chi connectivity index (χ1) is 10.3. The minimum Gasteiger partial charge on any atom is -0.477 e. The van der Waals surface area contributed by atoms with Gasteiger partial charge in [-0.3, -0.25) is 4.79 Å². The maximum absolute atomic E-state index is 12.6. The number of carbonyl (C=O) groups is 2. The summed E-state index contributed by atoms with van der Waals surface area (Å²) in [6.45, 7) is 2.31. The van der Waals surface area contributed by atoms with Crippen LogP contribution in [-0.2, 0) is 9.84 Å². The van der Waals surface area contributed by atoms with E-state index in [0.717, 1.165) is 0 Å². The third-order valence-corrected chi connectivity index (χ3v) is 5.31. The molecule has 120 valence electrons. The smallest absolute Gasteiger partial charge is 0.354 e. The molecule has 1 aromatic heterocycles. The summed E-state index contributed by atoms with van der Waals surface area (Å²) in [7, 11) is -3.10. The summed E-state index contributed by atoms with van der Waals surface area (Å²) in [5, 5.41) is 8.95. The fourth-order valence-corrected chi connectivity index (χ4v) is 4.26. The second-order valence-corrected chi connectivity index (χ2v) is 7.50. The van der Waals surface area contributed by atoms with E-state index >= 15 is 0 Å². The van der Waals surface area contributed by atoms with Crippen molar-refractivity contribution in [2.45, 2.75) is 25.8 Å². The molecule has 2 rings (SSSR count). The summed E-state index contributed by atoms with van der Waals surface area (Å²) in [5.74, 6) is -1.60. The minimum atomic E-state index is -3.10. The number of carboxylic acid groups (broad SMARTS) is 1. The lowest BCUT2D eigenvalue weighted by molar-refractivity contribution is 0.0684. The highest BCUT2D eigenvalue weighted by atomic mass is 32.2. The average molecular weight is 326 g/mol. The number of carbonyl (C=O) groups excluding carboxylic acids is 1. The van der Waals surface area contributed by atoms with Crippen molar-refractivity contribution in [2.75, 3.05) is 18.1 Å². The van der Waals surface area contributed by atoms with Crippen LogP contribution in [0.4, 0.5) is 0 Å². The third-order valence-electron chi connectivity index (χ3n) is 3.56. The Bertz CT molecular complexity index is 686. The van der Waals surface area contributed by atoms with Crippen molar-refractivity contribution in [2.24, 2.45) is 0 Å². The van der Waals surface area contributed by atoms with E-state index in [0.29, 0.717) is 19.4 Å². The van der Waals surface area contributed by atoms with Gasteiger partial charge in [0.1, 0.15) is 11.4 Å². The molecular formula is C14H18N2O5S. The molecule has 1 aliphatic rings. The first-order valence-corrected chi connectivity index (χ1v) is 8.88. The van der Waals surface area contributed by atoms with E-state index in [-0.39, 0.29) is 28.9 Å². The Morgan fingerprint density at radius 2 is 2.05 bits per heavy atom. The molecule has 7 nitrogen and oxygen atoms in total. The molecular weight excluding hydrogens is 308 g/mol. The molecule has 1 aliphatic heterocycles. The maximum Gasteiger partial charge on any atom is 0.354 e. The van der Waals surface area contributed by atoms with Gasteiger partial charge >= 0.3 is 5.97 Å². The van der Waals surface area contributed by atoms with Crippen LogP contribution in [0.3, 0.4) is 0 Å². The van der Waals surface area contributed by atoms with Gasteiger partial charge in [0.25, 0.3) is 5.91 Å². The molecule has 0 saturated carbocycles. The number of aromatic nitrogens is 1. The van der Waals surface area contributed by atoms with Crippen LogP contribution in [-0.4, -0.2) is 59.4 Å². The molecule has 8 heteroatoms. The fraction of sp³-hybridized carbons (Fsp3) is 0.500. The number of pyridine rings is 1. The molecule has 1 fully saturated rings. The van der Waals surface area contributed by atoms with Crippen molar-refractivity contribution in [1.29, 1.82) is 0 Å². The van der Waals surface area contributed by atoms with Crippen LogP contribution in [0.2, 0.25) is 0 Å². The van der Waals surface area contributed by atoms with Crippen molar-refractivity contribution in [3.8, 4) is 0 Å². The number of rotatable bonds is 5. The van der Waals surface area contributed by atoms with Gasteiger partial charge < -0.3 is 10.0 Å². The van der Waals surface area contributed by atoms with Gasteiger partial charge in [0.15, 0.2) is 9.84 Å². The predicted molar refractivity (Wildman–Crippen MR) is 79.6 cm³/mol. The first-order valence-electron chi connectivity index (χ1n) is 7.06. The number of amides is 1.